The van der Waals surface area contributed by atoms with E-state index in [-0.39, 0.29) is 0 Å². The molecule has 0 spiro atoms. The second-order valence-electron chi connectivity index (χ2n) is 17.2. The molecule has 0 saturated carbocycles. The number of hydrogen-bond acceptors (Lipinski definition) is 0. The zero-order chi connectivity index (χ0) is 43.8. The fraction of sp³-hybridized carbons (Fsp3) is 0.0169. The van der Waals surface area contributed by atoms with Crippen molar-refractivity contribution in [1.82, 2.24) is 0 Å². The molecule has 0 fully saturated rings. The standard InChI is InChI=1S/C27H14.C20H10.C12H6.6W/c1-3-7-22-16(5-1)9-18-14-26-20(12-24(18)22)11-21-13-25-19(15-27(21)26)10-17-6-2-4-8-23(17)25;1-3-7-17-13(5-1)9-15-11-20-16(12-19(15)17)10-14-6-2-4-8-18(14)20;1-3-9-7-11-5-2-6-12(11)8-10(9)4-1;;;;;;/h1-8,12-15H,11H2;1-8,11-12H;1-3,6-8H;;;;;;. The maximum atomic E-state index is 2.48. The number of fused-ring (bicyclic) bond motifs is 17. The minimum absolute atomic E-state index is 1.05. The van der Waals surface area contributed by atoms with E-state index in [1.807, 2.05) is 0 Å². The van der Waals surface area contributed by atoms with Gasteiger partial charge in [-0.05, 0) is 0 Å². The summed E-state index contributed by atoms with van der Waals surface area (Å²) in [6.45, 7) is 0. The molecule has 12 aromatic carbocycles. The Morgan fingerprint density at radius 3 is 1.06 bits per heavy atom. The molecule has 0 bridgehead atoms. The Balaban J connectivity index is 0.000000104. The van der Waals surface area contributed by atoms with Gasteiger partial charge in [0.1, 0.15) is 0 Å². The second kappa shape index (κ2) is 16.1. The van der Waals surface area contributed by atoms with Crippen LogP contribution in [0.25, 0.3) is 98.0 Å². The molecule has 0 atom stereocenters. The van der Waals surface area contributed by atoms with E-state index in [2.05, 4.69) is 170 Å². The van der Waals surface area contributed by atoms with Crippen molar-refractivity contribution in [1.29, 1.82) is 0 Å². The molecule has 0 aromatic heterocycles. The third kappa shape index (κ3) is 6.52. The van der Waals surface area contributed by atoms with Gasteiger partial charge in [0.05, 0.1) is 0 Å². The van der Waals surface area contributed by atoms with Crippen molar-refractivity contribution in [3.63, 3.8) is 0 Å². The molecule has 0 N–H and O–H groups in total. The van der Waals surface area contributed by atoms with Crippen LogP contribution in [0.4, 0.5) is 0 Å². The first-order valence-electron chi connectivity index (χ1n) is 21.4. The van der Waals surface area contributed by atoms with Gasteiger partial charge in [-0.15, -0.1) is 0 Å². The van der Waals surface area contributed by atoms with Gasteiger partial charge in [-0.25, -0.2) is 0 Å². The molecule has 0 unspecified atom stereocenters. The van der Waals surface area contributed by atoms with Crippen LogP contribution in [0.2, 0.25) is 0 Å². The SMILES string of the molecule is [W]=[C]1c2ccccc2-c2cc3c(cc21)-c1cc2c(cc1C3)-c1ccccc1[C]2=[W].[W]=[c]1c2ccccc2c2cc3[c](=[W])c4ccccc4c3cc12.[W]=[c]1ccc2cc3[c](=[W])ccc3cc12. The predicted molar refractivity (Wildman–Crippen MR) is 248 cm³/mol. The average molecular weight is 1840 g/mol. The van der Waals surface area contributed by atoms with Gasteiger partial charge in [0.2, 0.25) is 0 Å². The van der Waals surface area contributed by atoms with E-state index in [0.717, 1.165) is 6.42 Å². The van der Waals surface area contributed by atoms with Crippen molar-refractivity contribution >= 4 is 72.4 Å². The fourth-order valence-corrected chi connectivity index (χ4v) is 17.4. The summed E-state index contributed by atoms with van der Waals surface area (Å²) in [7, 11) is 0. The van der Waals surface area contributed by atoms with Crippen LogP contribution in [0.15, 0.2) is 170 Å². The third-order valence-corrected chi connectivity index (χ3v) is 22.6. The van der Waals surface area contributed by atoms with Gasteiger partial charge in [-0.3, -0.25) is 0 Å². The van der Waals surface area contributed by atoms with Gasteiger partial charge in [0.15, 0.2) is 0 Å². The quantitative estimate of drug-likeness (QED) is 0.142. The van der Waals surface area contributed by atoms with Gasteiger partial charge in [0, 0.05) is 0 Å². The minimum atomic E-state index is 1.05. The first-order chi connectivity index (χ1) is 31.7. The molecule has 12 aromatic rings. The van der Waals surface area contributed by atoms with Gasteiger partial charge in [-0.2, -0.15) is 0 Å². The number of hydrogen-bond donors (Lipinski definition) is 0. The van der Waals surface area contributed by atoms with E-state index >= 15 is 0 Å². The summed E-state index contributed by atoms with van der Waals surface area (Å²) in [5.41, 5.74) is 17.3. The Labute approximate surface area is 440 Å². The third-order valence-electron chi connectivity index (χ3n) is 13.7. The summed E-state index contributed by atoms with van der Waals surface area (Å²) in [6, 6.07) is 63.8. The Morgan fingerprint density at radius 1 is 0.246 bits per heavy atom. The van der Waals surface area contributed by atoms with E-state index in [0.29, 0.717) is 0 Å². The summed E-state index contributed by atoms with van der Waals surface area (Å²) in [5.74, 6) is 0. The molecule has 0 amide bonds. The summed E-state index contributed by atoms with van der Waals surface area (Å²) >= 11 is 9.34. The van der Waals surface area contributed by atoms with Gasteiger partial charge in [-0.1, -0.05) is 0 Å². The number of rotatable bonds is 0. The molecule has 15 rings (SSSR count). The van der Waals surface area contributed by atoms with Gasteiger partial charge < -0.3 is 0 Å². The van der Waals surface area contributed by atoms with Crippen molar-refractivity contribution < 1.29 is 116 Å². The zero-order valence-electron chi connectivity index (χ0n) is 34.3. The molecule has 6 heteroatoms. The summed E-state index contributed by atoms with van der Waals surface area (Å²) in [6.07, 6.45) is 1.05. The molecule has 0 heterocycles. The molecule has 302 valence electrons. The van der Waals surface area contributed by atoms with Crippen LogP contribution in [0.5, 0.6) is 0 Å². The predicted octanol–water partition coefficient (Wildman–Crippen LogP) is 13.8. The van der Waals surface area contributed by atoms with Crippen LogP contribution in [-0.4, -0.2) is 7.80 Å². The van der Waals surface area contributed by atoms with E-state index in [4.69, 9.17) is 0 Å². The molecule has 0 radical (unpaired) electrons. The van der Waals surface area contributed by atoms with Gasteiger partial charge >= 0.3 is 446 Å². The van der Waals surface area contributed by atoms with Crippen LogP contribution in [0.3, 0.4) is 0 Å². The van der Waals surface area contributed by atoms with E-state index < -0.39 is 0 Å². The molecule has 0 saturated heterocycles. The van der Waals surface area contributed by atoms with Crippen molar-refractivity contribution in [2.45, 2.75) is 6.42 Å². The van der Waals surface area contributed by atoms with Crippen molar-refractivity contribution in [2.75, 3.05) is 0 Å². The first-order valence-corrected chi connectivity index (χ1v) is 30.2. The monoisotopic (exact) mass is 1840 g/mol. The van der Waals surface area contributed by atoms with E-state index in [1.165, 1.54) is 153 Å². The Morgan fingerprint density at radius 2 is 0.631 bits per heavy atom. The number of benzene rings is 8. The zero-order valence-corrected chi connectivity index (χ0v) is 51.9. The first kappa shape index (κ1) is 41.8. The van der Waals surface area contributed by atoms with Crippen molar-refractivity contribution in [3.05, 3.63) is 217 Å². The maximum absolute atomic E-state index is 2.48. The topological polar surface area (TPSA) is 0 Å². The average Bonchev–Trinajstić information content (AvgIpc) is 4.21. The van der Waals surface area contributed by atoms with Crippen LogP contribution in [0, 0.1) is 14.2 Å². The molecule has 65 heavy (non-hydrogen) atoms. The molecular weight excluding hydrogens is 1810 g/mol. The molecular formula is C59H30W6. The van der Waals surface area contributed by atoms with Crippen molar-refractivity contribution in [3.8, 4) is 33.4 Å². The Bertz CT molecular complexity index is 4060. The Hall–Kier alpha value is -3.41. The molecule has 0 nitrogen and oxygen atoms in total. The van der Waals surface area contributed by atoms with Crippen LogP contribution < -0.4 is 0 Å². The van der Waals surface area contributed by atoms with Crippen LogP contribution in [0.1, 0.15) is 33.4 Å². The normalized spacial score (nSPS) is 12.9. The molecule has 3 aliphatic carbocycles. The molecule has 0 aliphatic heterocycles. The second-order valence-corrected chi connectivity index (χ2v) is 26.2. The Kier molecular flexibility index (Phi) is 10.3. The fourth-order valence-electron chi connectivity index (χ4n) is 10.6. The van der Waals surface area contributed by atoms with Crippen molar-refractivity contribution in [2.24, 2.45) is 0 Å². The van der Waals surface area contributed by atoms with Crippen LogP contribution in [-0.2, 0) is 123 Å². The summed E-state index contributed by atoms with van der Waals surface area (Å²) < 4.78 is 8.90. The van der Waals surface area contributed by atoms with Crippen LogP contribution >= 0.6 is 0 Å². The molecule has 3 aliphatic rings. The summed E-state index contributed by atoms with van der Waals surface area (Å²) in [4.78, 5) is 0. The van der Waals surface area contributed by atoms with E-state index in [9.17, 15) is 0 Å². The van der Waals surface area contributed by atoms with Gasteiger partial charge in [0.25, 0.3) is 0 Å². The summed E-state index contributed by atoms with van der Waals surface area (Å²) in [5, 5.41) is 17.1. The van der Waals surface area contributed by atoms with E-state index in [1.54, 1.807) is 116 Å².